The van der Waals surface area contributed by atoms with Gasteiger partial charge in [0.2, 0.25) is 0 Å². The predicted molar refractivity (Wildman–Crippen MR) is 107 cm³/mol. The highest BCUT2D eigenvalue weighted by Crippen LogP contribution is 2.46. The number of nitrogens with one attached hydrogen (secondary N) is 1. The number of H-pyrrole nitrogens is 1. The topological polar surface area (TPSA) is 52.2 Å². The average Bonchev–Trinajstić information content (AvgIpc) is 3.46. The highest BCUT2D eigenvalue weighted by molar-refractivity contribution is 5.46. The Bertz CT molecular complexity index is 854. The van der Waals surface area contributed by atoms with Crippen molar-refractivity contribution in [2.75, 3.05) is 37.6 Å². The van der Waals surface area contributed by atoms with Crippen LogP contribution >= 0.6 is 0 Å². The number of benzene rings is 1. The summed E-state index contributed by atoms with van der Waals surface area (Å²) in [5.74, 6) is 2.46. The summed E-state index contributed by atoms with van der Waals surface area (Å²) >= 11 is 0. The fourth-order valence-corrected chi connectivity index (χ4v) is 4.75. The number of anilines is 1. The largest absolute Gasteiger partial charge is 0.369 e. The van der Waals surface area contributed by atoms with E-state index >= 15 is 0 Å². The van der Waals surface area contributed by atoms with E-state index in [1.807, 2.05) is 0 Å². The first-order valence-corrected chi connectivity index (χ1v) is 10.4. The lowest BCUT2D eigenvalue weighted by molar-refractivity contribution is 0.254. The molecule has 2 atom stereocenters. The Labute approximate surface area is 160 Å². The molecule has 5 nitrogen and oxygen atoms in total. The van der Waals surface area contributed by atoms with Crippen LogP contribution in [0.3, 0.4) is 0 Å². The smallest absolute Gasteiger partial charge is 0.254 e. The van der Waals surface area contributed by atoms with E-state index in [4.69, 9.17) is 4.98 Å². The maximum atomic E-state index is 12.4. The standard InChI is InChI=1S/C22H28N4O/c27-22-19-14-16-13-17(16)15-20(19)23-21(24-22)7-4-8-25-9-11-26(12-10-25)18-5-2-1-3-6-18/h1-3,5-6,16-17H,4,7-15H2,(H,23,24,27). The van der Waals surface area contributed by atoms with E-state index in [-0.39, 0.29) is 5.56 Å². The van der Waals surface area contributed by atoms with E-state index in [9.17, 15) is 4.79 Å². The van der Waals surface area contributed by atoms with Crippen LogP contribution in [0.4, 0.5) is 5.69 Å². The first-order valence-electron chi connectivity index (χ1n) is 10.4. The zero-order valence-corrected chi connectivity index (χ0v) is 15.9. The van der Waals surface area contributed by atoms with Gasteiger partial charge in [-0.15, -0.1) is 0 Å². The number of aromatic amines is 1. The van der Waals surface area contributed by atoms with Crippen LogP contribution in [-0.2, 0) is 19.3 Å². The molecule has 2 fully saturated rings. The van der Waals surface area contributed by atoms with Gasteiger partial charge in [0, 0.05) is 43.9 Å². The number of hydrogen-bond donors (Lipinski definition) is 1. The minimum Gasteiger partial charge on any atom is -0.369 e. The Hall–Kier alpha value is -2.14. The summed E-state index contributed by atoms with van der Waals surface area (Å²) in [7, 11) is 0. The molecule has 1 saturated heterocycles. The summed E-state index contributed by atoms with van der Waals surface area (Å²) < 4.78 is 0. The van der Waals surface area contributed by atoms with Crippen molar-refractivity contribution in [2.24, 2.45) is 11.8 Å². The van der Waals surface area contributed by atoms with Crippen molar-refractivity contribution < 1.29 is 0 Å². The third-order valence-electron chi connectivity index (χ3n) is 6.52. The first kappa shape index (κ1) is 17.0. The minimum absolute atomic E-state index is 0.122. The summed E-state index contributed by atoms with van der Waals surface area (Å²) in [6, 6.07) is 10.7. The zero-order chi connectivity index (χ0) is 18.2. The van der Waals surface area contributed by atoms with Gasteiger partial charge in [0.25, 0.3) is 5.56 Å². The molecule has 2 unspecified atom stereocenters. The van der Waals surface area contributed by atoms with Crippen molar-refractivity contribution in [1.29, 1.82) is 0 Å². The van der Waals surface area contributed by atoms with Gasteiger partial charge >= 0.3 is 0 Å². The molecule has 27 heavy (non-hydrogen) atoms. The molecule has 5 rings (SSSR count). The summed E-state index contributed by atoms with van der Waals surface area (Å²) in [6.45, 7) is 5.45. The van der Waals surface area contributed by atoms with E-state index in [1.54, 1.807) is 0 Å². The number of fused-ring (bicyclic) bond motifs is 2. The molecule has 2 aromatic rings. The number of para-hydroxylation sites is 1. The number of aromatic nitrogens is 2. The van der Waals surface area contributed by atoms with Crippen molar-refractivity contribution in [3.8, 4) is 0 Å². The van der Waals surface area contributed by atoms with Crippen molar-refractivity contribution in [3.05, 3.63) is 57.8 Å². The lowest BCUT2D eigenvalue weighted by atomic mass is 9.97. The lowest BCUT2D eigenvalue weighted by Crippen LogP contribution is -2.46. The van der Waals surface area contributed by atoms with Crippen LogP contribution in [0.5, 0.6) is 0 Å². The Kier molecular flexibility index (Phi) is 4.48. The Balaban J connectivity index is 1.12. The molecule has 1 N–H and O–H groups in total. The molecule has 3 aliphatic rings. The van der Waals surface area contributed by atoms with Crippen LogP contribution < -0.4 is 10.5 Å². The molecule has 1 aromatic heterocycles. The van der Waals surface area contributed by atoms with Crippen LogP contribution in [0.25, 0.3) is 0 Å². The van der Waals surface area contributed by atoms with E-state index in [0.717, 1.165) is 87.3 Å². The highest BCUT2D eigenvalue weighted by atomic mass is 16.1. The van der Waals surface area contributed by atoms with Gasteiger partial charge in [-0.25, -0.2) is 4.98 Å². The van der Waals surface area contributed by atoms with Gasteiger partial charge < -0.3 is 9.88 Å². The Morgan fingerprint density at radius 3 is 2.63 bits per heavy atom. The third kappa shape index (κ3) is 3.65. The summed E-state index contributed by atoms with van der Waals surface area (Å²) in [5.41, 5.74) is 3.50. The number of nitrogens with zero attached hydrogens (tertiary/aromatic N) is 3. The fourth-order valence-electron chi connectivity index (χ4n) is 4.75. The lowest BCUT2D eigenvalue weighted by Gasteiger charge is -2.36. The maximum Gasteiger partial charge on any atom is 0.254 e. The molecule has 1 saturated carbocycles. The summed E-state index contributed by atoms with van der Waals surface area (Å²) in [6.07, 6.45) is 5.20. The second-order valence-corrected chi connectivity index (χ2v) is 8.37. The van der Waals surface area contributed by atoms with Crippen molar-refractivity contribution in [3.63, 3.8) is 0 Å². The summed E-state index contributed by atoms with van der Waals surface area (Å²) in [5, 5.41) is 0. The Morgan fingerprint density at radius 1 is 1.04 bits per heavy atom. The SMILES string of the molecule is O=c1[nH]c(CCCN2CCN(c3ccccc3)CC2)nc2c1CC1CC1C2. The third-order valence-corrected chi connectivity index (χ3v) is 6.52. The molecule has 1 aliphatic heterocycles. The number of piperazine rings is 1. The van der Waals surface area contributed by atoms with Crippen LogP contribution in [-0.4, -0.2) is 47.6 Å². The van der Waals surface area contributed by atoms with E-state index < -0.39 is 0 Å². The molecule has 0 spiro atoms. The van der Waals surface area contributed by atoms with Gasteiger partial charge in [0.1, 0.15) is 5.82 Å². The van der Waals surface area contributed by atoms with Gasteiger partial charge in [0.15, 0.2) is 0 Å². The molecule has 2 aliphatic carbocycles. The second kappa shape index (κ2) is 7.12. The number of hydrogen-bond acceptors (Lipinski definition) is 4. The van der Waals surface area contributed by atoms with E-state index in [0.29, 0.717) is 0 Å². The van der Waals surface area contributed by atoms with Crippen LogP contribution in [0.1, 0.15) is 29.9 Å². The molecule has 5 heteroatoms. The molecule has 0 bridgehead atoms. The van der Waals surface area contributed by atoms with Crippen LogP contribution in [0.2, 0.25) is 0 Å². The van der Waals surface area contributed by atoms with E-state index in [2.05, 4.69) is 45.1 Å². The quantitative estimate of drug-likeness (QED) is 0.884. The monoisotopic (exact) mass is 364 g/mol. The highest BCUT2D eigenvalue weighted by Gasteiger charge is 2.42. The van der Waals surface area contributed by atoms with Gasteiger partial charge in [-0.1, -0.05) is 18.2 Å². The van der Waals surface area contributed by atoms with Crippen LogP contribution in [0, 0.1) is 11.8 Å². The molecule has 0 radical (unpaired) electrons. The number of rotatable bonds is 5. The van der Waals surface area contributed by atoms with Crippen molar-refractivity contribution in [1.82, 2.24) is 14.9 Å². The maximum absolute atomic E-state index is 12.4. The first-order chi connectivity index (χ1) is 13.3. The van der Waals surface area contributed by atoms with Crippen molar-refractivity contribution in [2.45, 2.75) is 32.1 Å². The average molecular weight is 364 g/mol. The summed E-state index contributed by atoms with van der Waals surface area (Å²) in [4.78, 5) is 25.2. The van der Waals surface area contributed by atoms with E-state index in [1.165, 1.54) is 12.1 Å². The van der Waals surface area contributed by atoms with Crippen molar-refractivity contribution >= 4 is 5.69 Å². The second-order valence-electron chi connectivity index (χ2n) is 8.37. The molecular weight excluding hydrogens is 336 g/mol. The fraction of sp³-hybridized carbons (Fsp3) is 0.545. The van der Waals surface area contributed by atoms with Crippen LogP contribution in [0.15, 0.2) is 35.1 Å². The van der Waals surface area contributed by atoms with Gasteiger partial charge in [0.05, 0.1) is 5.69 Å². The molecule has 0 amide bonds. The molecular formula is C22H28N4O. The minimum atomic E-state index is 0.122. The molecule has 142 valence electrons. The normalized spacial score (nSPS) is 24.4. The molecule has 1 aromatic carbocycles. The predicted octanol–water partition coefficient (Wildman–Crippen LogP) is 2.26. The van der Waals surface area contributed by atoms with Gasteiger partial charge in [-0.2, -0.15) is 0 Å². The van der Waals surface area contributed by atoms with Gasteiger partial charge in [-0.05, 0) is 56.2 Å². The number of aryl methyl sites for hydroxylation is 1. The zero-order valence-electron chi connectivity index (χ0n) is 15.9. The Morgan fingerprint density at radius 2 is 1.81 bits per heavy atom. The molecule has 2 heterocycles. The van der Waals surface area contributed by atoms with Gasteiger partial charge in [-0.3, -0.25) is 9.69 Å².